The Bertz CT molecular complexity index is 437. The Morgan fingerprint density at radius 1 is 1.40 bits per heavy atom. The van der Waals surface area contributed by atoms with E-state index in [4.69, 9.17) is 9.47 Å². The van der Waals surface area contributed by atoms with E-state index in [1.54, 1.807) is 31.2 Å². The van der Waals surface area contributed by atoms with Gasteiger partial charge in [0.25, 0.3) is 5.91 Å². The lowest BCUT2D eigenvalue weighted by Gasteiger charge is -2.20. The van der Waals surface area contributed by atoms with Gasteiger partial charge in [-0.25, -0.2) is 0 Å². The molecular formula is C15H22BrNO3. The Balaban J connectivity index is 2.71. The van der Waals surface area contributed by atoms with Crippen LogP contribution >= 0.6 is 15.9 Å². The van der Waals surface area contributed by atoms with Crippen molar-refractivity contribution in [1.29, 1.82) is 0 Å². The van der Waals surface area contributed by atoms with Crippen molar-refractivity contribution in [2.75, 3.05) is 27.3 Å². The highest BCUT2D eigenvalue weighted by atomic mass is 79.9. The third-order valence-electron chi connectivity index (χ3n) is 2.62. The summed E-state index contributed by atoms with van der Waals surface area (Å²) in [4.78, 5) is 14.1. The van der Waals surface area contributed by atoms with E-state index in [2.05, 4.69) is 15.9 Å². The van der Waals surface area contributed by atoms with Gasteiger partial charge < -0.3 is 14.4 Å². The zero-order chi connectivity index (χ0) is 15.1. The second kappa shape index (κ2) is 8.27. The van der Waals surface area contributed by atoms with Gasteiger partial charge in [0.2, 0.25) is 0 Å². The van der Waals surface area contributed by atoms with Crippen LogP contribution in [0.25, 0.3) is 0 Å². The molecule has 1 rings (SSSR count). The minimum absolute atomic E-state index is 0.0280. The van der Waals surface area contributed by atoms with Crippen molar-refractivity contribution in [3.8, 4) is 5.75 Å². The highest BCUT2D eigenvalue weighted by molar-refractivity contribution is 9.09. The number of carbonyl (C=O) groups excluding carboxylic acids is 1. The summed E-state index contributed by atoms with van der Waals surface area (Å²) in [6.45, 7) is 5.07. The van der Waals surface area contributed by atoms with Crippen LogP contribution in [0.4, 0.5) is 0 Å². The predicted octanol–water partition coefficient (Wildman–Crippen LogP) is 2.96. The molecular weight excluding hydrogens is 322 g/mol. The first-order valence-corrected chi connectivity index (χ1v) is 7.50. The van der Waals surface area contributed by atoms with Gasteiger partial charge in [0.05, 0.1) is 17.5 Å². The largest absolute Gasteiger partial charge is 0.491 e. The molecule has 0 spiro atoms. The molecule has 0 aliphatic heterocycles. The number of carbonyl (C=O) groups is 1. The second-order valence-electron chi connectivity index (χ2n) is 4.93. The van der Waals surface area contributed by atoms with E-state index in [1.165, 1.54) is 0 Å². The van der Waals surface area contributed by atoms with Crippen molar-refractivity contribution in [2.45, 2.75) is 24.8 Å². The molecule has 0 N–H and O–H groups in total. The number of hydrogen-bond donors (Lipinski definition) is 0. The molecule has 0 heterocycles. The van der Waals surface area contributed by atoms with Gasteiger partial charge in [0.1, 0.15) is 5.75 Å². The zero-order valence-corrected chi connectivity index (χ0v) is 14.0. The number of halogens is 1. The van der Waals surface area contributed by atoms with E-state index in [0.29, 0.717) is 24.5 Å². The molecule has 1 amide bonds. The van der Waals surface area contributed by atoms with Crippen LogP contribution in [0, 0.1) is 0 Å². The molecule has 0 saturated heterocycles. The van der Waals surface area contributed by atoms with E-state index < -0.39 is 0 Å². The zero-order valence-electron chi connectivity index (χ0n) is 12.4. The number of rotatable bonds is 7. The standard InChI is InChI=1S/C15H22BrNO3/c1-11(2)20-14-7-5-6-12(8-14)15(18)17(3)9-13(16)10-19-4/h5-8,11,13H,9-10H2,1-4H3. The Morgan fingerprint density at radius 2 is 2.10 bits per heavy atom. The molecule has 1 unspecified atom stereocenters. The van der Waals surface area contributed by atoms with E-state index in [0.717, 1.165) is 0 Å². The summed E-state index contributed by atoms with van der Waals surface area (Å²) in [5.74, 6) is 0.686. The second-order valence-corrected chi connectivity index (χ2v) is 6.23. The van der Waals surface area contributed by atoms with Crippen LogP contribution in [-0.2, 0) is 4.74 Å². The van der Waals surface area contributed by atoms with Gasteiger partial charge >= 0.3 is 0 Å². The molecule has 0 aliphatic rings. The SMILES string of the molecule is COCC(Br)CN(C)C(=O)c1cccc(OC(C)C)c1. The molecule has 112 valence electrons. The van der Waals surface area contributed by atoms with Crippen LogP contribution in [0.3, 0.4) is 0 Å². The lowest BCUT2D eigenvalue weighted by Crippen LogP contribution is -2.33. The molecule has 0 aromatic heterocycles. The van der Waals surface area contributed by atoms with Gasteiger partial charge in [-0.3, -0.25) is 4.79 Å². The molecule has 0 radical (unpaired) electrons. The molecule has 1 aromatic rings. The molecule has 1 aromatic carbocycles. The quantitative estimate of drug-likeness (QED) is 0.714. The fraction of sp³-hybridized carbons (Fsp3) is 0.533. The van der Waals surface area contributed by atoms with Gasteiger partial charge in [0.15, 0.2) is 0 Å². The Labute approximate surface area is 129 Å². The van der Waals surface area contributed by atoms with E-state index >= 15 is 0 Å². The third kappa shape index (κ3) is 5.51. The summed E-state index contributed by atoms with van der Waals surface area (Å²) >= 11 is 3.48. The van der Waals surface area contributed by atoms with Crippen LogP contribution in [0.5, 0.6) is 5.75 Å². The summed E-state index contributed by atoms with van der Waals surface area (Å²) in [5.41, 5.74) is 0.628. The summed E-state index contributed by atoms with van der Waals surface area (Å²) in [6, 6.07) is 7.26. The monoisotopic (exact) mass is 343 g/mol. The fourth-order valence-electron chi connectivity index (χ4n) is 1.81. The maximum Gasteiger partial charge on any atom is 0.253 e. The fourth-order valence-corrected chi connectivity index (χ4v) is 2.51. The number of benzene rings is 1. The first kappa shape index (κ1) is 17.0. The first-order valence-electron chi connectivity index (χ1n) is 6.59. The van der Waals surface area contributed by atoms with Crippen molar-refractivity contribution in [3.63, 3.8) is 0 Å². The maximum absolute atomic E-state index is 12.3. The van der Waals surface area contributed by atoms with Crippen molar-refractivity contribution in [3.05, 3.63) is 29.8 Å². The lowest BCUT2D eigenvalue weighted by atomic mass is 10.2. The normalized spacial score (nSPS) is 12.3. The number of alkyl halides is 1. The van der Waals surface area contributed by atoms with Gasteiger partial charge in [-0.1, -0.05) is 22.0 Å². The van der Waals surface area contributed by atoms with Gasteiger partial charge in [-0.15, -0.1) is 0 Å². The van der Waals surface area contributed by atoms with Gasteiger partial charge in [-0.2, -0.15) is 0 Å². The third-order valence-corrected chi connectivity index (χ3v) is 3.17. The van der Waals surface area contributed by atoms with E-state index in [9.17, 15) is 4.79 Å². The van der Waals surface area contributed by atoms with Crippen molar-refractivity contribution in [2.24, 2.45) is 0 Å². The minimum atomic E-state index is -0.0280. The average Bonchev–Trinajstić information content (AvgIpc) is 2.37. The Hall–Kier alpha value is -1.07. The molecule has 1 atom stereocenters. The molecule has 4 nitrogen and oxygen atoms in total. The van der Waals surface area contributed by atoms with Crippen LogP contribution in [0.2, 0.25) is 0 Å². The highest BCUT2D eigenvalue weighted by Gasteiger charge is 2.16. The van der Waals surface area contributed by atoms with Crippen LogP contribution in [0.15, 0.2) is 24.3 Å². The number of hydrogen-bond acceptors (Lipinski definition) is 3. The molecule has 0 saturated carbocycles. The van der Waals surface area contributed by atoms with Crippen molar-refractivity contribution >= 4 is 21.8 Å². The van der Waals surface area contributed by atoms with E-state index in [1.807, 2.05) is 26.0 Å². The summed E-state index contributed by atoms with van der Waals surface area (Å²) < 4.78 is 10.7. The number of nitrogens with zero attached hydrogens (tertiary/aromatic N) is 1. The van der Waals surface area contributed by atoms with Crippen LogP contribution in [0.1, 0.15) is 24.2 Å². The van der Waals surface area contributed by atoms with E-state index in [-0.39, 0.29) is 16.8 Å². The maximum atomic E-state index is 12.3. The molecule has 5 heteroatoms. The average molecular weight is 344 g/mol. The van der Waals surface area contributed by atoms with Crippen molar-refractivity contribution < 1.29 is 14.3 Å². The summed E-state index contributed by atoms with van der Waals surface area (Å²) in [6.07, 6.45) is 0.0895. The summed E-state index contributed by atoms with van der Waals surface area (Å²) in [5, 5.41) is 0. The topological polar surface area (TPSA) is 38.8 Å². The van der Waals surface area contributed by atoms with Crippen LogP contribution in [-0.4, -0.2) is 49.0 Å². The van der Waals surface area contributed by atoms with Gasteiger partial charge in [0, 0.05) is 26.3 Å². The van der Waals surface area contributed by atoms with Gasteiger partial charge in [-0.05, 0) is 32.0 Å². The number of methoxy groups -OCH3 is 1. The lowest BCUT2D eigenvalue weighted by molar-refractivity contribution is 0.0783. The molecule has 0 aliphatic carbocycles. The minimum Gasteiger partial charge on any atom is -0.491 e. The number of amides is 1. The Morgan fingerprint density at radius 3 is 2.70 bits per heavy atom. The number of ether oxygens (including phenoxy) is 2. The molecule has 0 bridgehead atoms. The Kier molecular flexibility index (Phi) is 7.02. The molecule has 20 heavy (non-hydrogen) atoms. The smallest absolute Gasteiger partial charge is 0.253 e. The van der Waals surface area contributed by atoms with Crippen molar-refractivity contribution in [1.82, 2.24) is 4.90 Å². The predicted molar refractivity (Wildman–Crippen MR) is 83.8 cm³/mol. The highest BCUT2D eigenvalue weighted by Crippen LogP contribution is 2.16. The molecule has 0 fully saturated rings. The first-order chi connectivity index (χ1) is 9.43. The van der Waals surface area contributed by atoms with Crippen LogP contribution < -0.4 is 4.74 Å². The summed E-state index contributed by atoms with van der Waals surface area (Å²) in [7, 11) is 3.42.